The maximum Gasteiger partial charge on any atom is 0.188 e. The Balaban J connectivity index is 2.31. The van der Waals surface area contributed by atoms with Crippen LogP contribution in [0.2, 0.25) is 0 Å². The van der Waals surface area contributed by atoms with Gasteiger partial charge in [-0.05, 0) is 35.0 Å². The number of hydrogen-bond acceptors (Lipinski definition) is 3. The van der Waals surface area contributed by atoms with Gasteiger partial charge in [-0.2, -0.15) is 0 Å². The Morgan fingerprint density at radius 3 is 2.68 bits per heavy atom. The van der Waals surface area contributed by atoms with E-state index in [4.69, 9.17) is 9.47 Å². The van der Waals surface area contributed by atoms with Gasteiger partial charge < -0.3 is 14.4 Å². The minimum Gasteiger partial charge on any atom is -0.468 e. The Labute approximate surface area is 114 Å². The molecule has 0 amide bonds. The smallest absolute Gasteiger partial charge is 0.188 e. The lowest BCUT2D eigenvalue weighted by Crippen LogP contribution is -2.16. The van der Waals surface area contributed by atoms with Crippen molar-refractivity contribution in [3.05, 3.63) is 49.1 Å². The maximum atomic E-state index is 5.46. The summed E-state index contributed by atoms with van der Waals surface area (Å²) >= 11 is 0. The molecule has 2 aromatic carbocycles. The van der Waals surface area contributed by atoms with Crippen LogP contribution in [0.25, 0.3) is 10.8 Å². The van der Waals surface area contributed by atoms with Crippen molar-refractivity contribution in [3.8, 4) is 5.75 Å². The summed E-state index contributed by atoms with van der Waals surface area (Å²) in [5.74, 6) is 0.817. The third kappa shape index (κ3) is 3.26. The molecule has 0 aliphatic heterocycles. The molecule has 0 bridgehead atoms. The number of ether oxygens (including phenoxy) is 2. The fraction of sp³-hybridized carbons (Fsp3) is 0.250. The van der Waals surface area contributed by atoms with Crippen LogP contribution in [-0.4, -0.2) is 27.5 Å². The Hall–Kier alpha value is -2.00. The molecule has 0 heterocycles. The molecular formula is C16H19NO2. The molecule has 0 unspecified atom stereocenters. The van der Waals surface area contributed by atoms with Crippen LogP contribution in [0.5, 0.6) is 5.75 Å². The summed E-state index contributed by atoms with van der Waals surface area (Å²) in [6.45, 7) is 4.85. The predicted molar refractivity (Wildman–Crippen MR) is 79.9 cm³/mol. The highest BCUT2D eigenvalue weighted by Gasteiger charge is 2.02. The van der Waals surface area contributed by atoms with E-state index < -0.39 is 0 Å². The minimum absolute atomic E-state index is 0.265. The number of nitrogens with zero attached hydrogens (tertiary/aromatic N) is 1. The number of likely N-dealkylation sites (N-methyl/N-ethyl adjacent to an activating group) is 1. The van der Waals surface area contributed by atoms with E-state index in [0.29, 0.717) is 0 Å². The molecule has 0 N–H and O–H groups in total. The summed E-state index contributed by atoms with van der Waals surface area (Å²) in [5.41, 5.74) is 1.16. The second-order valence-electron chi connectivity index (χ2n) is 4.41. The first-order chi connectivity index (χ1) is 9.24. The highest BCUT2D eigenvalue weighted by molar-refractivity contribution is 5.87. The molecule has 0 radical (unpaired) electrons. The highest BCUT2D eigenvalue weighted by Crippen LogP contribution is 2.25. The number of benzene rings is 2. The van der Waals surface area contributed by atoms with E-state index in [9.17, 15) is 0 Å². The molecule has 3 nitrogen and oxygen atoms in total. The second-order valence-corrected chi connectivity index (χ2v) is 4.41. The molecular weight excluding hydrogens is 238 g/mol. The van der Waals surface area contributed by atoms with E-state index in [-0.39, 0.29) is 6.79 Å². The van der Waals surface area contributed by atoms with E-state index in [1.54, 1.807) is 7.11 Å². The normalized spacial score (nSPS) is 10.4. The summed E-state index contributed by atoms with van der Waals surface area (Å²) in [7, 11) is 3.66. The van der Waals surface area contributed by atoms with Gasteiger partial charge >= 0.3 is 0 Å². The summed E-state index contributed by atoms with van der Waals surface area (Å²) in [6.07, 6.45) is 1.89. The number of fused-ring (bicyclic) bond motifs is 1. The van der Waals surface area contributed by atoms with Crippen LogP contribution in [0.4, 0.5) is 5.69 Å². The van der Waals surface area contributed by atoms with Gasteiger partial charge in [-0.1, -0.05) is 18.2 Å². The van der Waals surface area contributed by atoms with Crippen molar-refractivity contribution in [3.63, 3.8) is 0 Å². The van der Waals surface area contributed by atoms with Crippen LogP contribution in [0.15, 0.2) is 49.1 Å². The lowest BCUT2D eigenvalue weighted by atomic mass is 10.1. The topological polar surface area (TPSA) is 21.7 Å². The zero-order valence-corrected chi connectivity index (χ0v) is 11.4. The molecule has 0 fully saturated rings. The van der Waals surface area contributed by atoms with Crippen molar-refractivity contribution in [2.24, 2.45) is 0 Å². The quantitative estimate of drug-likeness (QED) is 0.584. The van der Waals surface area contributed by atoms with Crippen LogP contribution in [-0.2, 0) is 4.74 Å². The van der Waals surface area contributed by atoms with Crippen molar-refractivity contribution in [2.45, 2.75) is 0 Å². The van der Waals surface area contributed by atoms with Crippen LogP contribution in [0, 0.1) is 0 Å². The largest absolute Gasteiger partial charge is 0.468 e. The van der Waals surface area contributed by atoms with Crippen LogP contribution >= 0.6 is 0 Å². The third-order valence-electron chi connectivity index (χ3n) is 2.98. The van der Waals surface area contributed by atoms with Crippen molar-refractivity contribution >= 4 is 16.5 Å². The fourth-order valence-corrected chi connectivity index (χ4v) is 1.97. The van der Waals surface area contributed by atoms with Crippen LogP contribution in [0.3, 0.4) is 0 Å². The SMILES string of the molecule is C=CCN(C)c1ccc2ccc(OCOC)cc2c1. The number of rotatable bonds is 6. The molecule has 19 heavy (non-hydrogen) atoms. The average molecular weight is 257 g/mol. The molecule has 0 spiro atoms. The summed E-state index contributed by atoms with van der Waals surface area (Å²) in [6, 6.07) is 12.4. The molecule has 0 saturated heterocycles. The van der Waals surface area contributed by atoms with Gasteiger partial charge in [-0.3, -0.25) is 0 Å². The molecule has 2 aromatic rings. The first-order valence-electron chi connectivity index (χ1n) is 6.22. The number of anilines is 1. The Bertz CT molecular complexity index is 566. The van der Waals surface area contributed by atoms with Gasteiger partial charge in [0.1, 0.15) is 5.75 Å². The Kier molecular flexibility index (Phi) is 4.42. The van der Waals surface area contributed by atoms with Gasteiger partial charge in [0.25, 0.3) is 0 Å². The molecule has 0 aromatic heterocycles. The van der Waals surface area contributed by atoms with Gasteiger partial charge in [0.2, 0.25) is 0 Å². The van der Waals surface area contributed by atoms with Gasteiger partial charge in [-0.25, -0.2) is 0 Å². The second kappa shape index (κ2) is 6.25. The van der Waals surface area contributed by atoms with Crippen molar-refractivity contribution in [2.75, 3.05) is 32.4 Å². The van der Waals surface area contributed by atoms with E-state index in [1.165, 1.54) is 5.39 Å². The zero-order valence-electron chi connectivity index (χ0n) is 11.4. The van der Waals surface area contributed by atoms with Crippen molar-refractivity contribution in [1.29, 1.82) is 0 Å². The third-order valence-corrected chi connectivity index (χ3v) is 2.98. The molecule has 3 heteroatoms. The summed E-state index contributed by atoms with van der Waals surface area (Å²) in [5, 5.41) is 2.35. The van der Waals surface area contributed by atoms with Crippen LogP contribution < -0.4 is 9.64 Å². The maximum absolute atomic E-state index is 5.46. The predicted octanol–water partition coefficient (Wildman–Crippen LogP) is 3.44. The average Bonchev–Trinajstić information content (AvgIpc) is 2.44. The first-order valence-corrected chi connectivity index (χ1v) is 6.22. The Morgan fingerprint density at radius 2 is 1.95 bits per heavy atom. The van der Waals surface area contributed by atoms with Crippen molar-refractivity contribution < 1.29 is 9.47 Å². The fourth-order valence-electron chi connectivity index (χ4n) is 1.97. The molecule has 0 aliphatic carbocycles. The summed E-state index contributed by atoms with van der Waals surface area (Å²) < 4.78 is 10.4. The zero-order chi connectivity index (χ0) is 13.7. The molecule has 100 valence electrons. The van der Waals surface area contributed by atoms with Gasteiger partial charge in [0.05, 0.1) is 0 Å². The lowest BCUT2D eigenvalue weighted by Gasteiger charge is -2.17. The van der Waals surface area contributed by atoms with Crippen molar-refractivity contribution in [1.82, 2.24) is 0 Å². The van der Waals surface area contributed by atoms with E-state index in [1.807, 2.05) is 25.3 Å². The van der Waals surface area contributed by atoms with Gasteiger partial charge in [-0.15, -0.1) is 6.58 Å². The van der Waals surface area contributed by atoms with E-state index in [2.05, 4.69) is 35.7 Å². The number of hydrogen-bond donors (Lipinski definition) is 0. The lowest BCUT2D eigenvalue weighted by molar-refractivity contribution is 0.0512. The van der Waals surface area contributed by atoms with Gasteiger partial charge in [0.15, 0.2) is 6.79 Å². The highest BCUT2D eigenvalue weighted by atomic mass is 16.7. The first kappa shape index (κ1) is 13.4. The standard InChI is InChI=1S/C16H19NO2/c1-4-9-17(2)15-7-5-13-6-8-16(19-12-18-3)11-14(13)10-15/h4-8,10-11H,1,9,12H2,2-3H3. The van der Waals surface area contributed by atoms with Crippen LogP contribution in [0.1, 0.15) is 0 Å². The summed E-state index contributed by atoms with van der Waals surface area (Å²) in [4.78, 5) is 2.15. The monoisotopic (exact) mass is 257 g/mol. The van der Waals surface area contributed by atoms with E-state index in [0.717, 1.165) is 23.4 Å². The van der Waals surface area contributed by atoms with Gasteiger partial charge in [0, 0.05) is 26.4 Å². The molecule has 0 atom stereocenters. The molecule has 2 rings (SSSR count). The number of methoxy groups -OCH3 is 1. The Morgan fingerprint density at radius 1 is 1.16 bits per heavy atom. The molecule has 0 aliphatic rings. The molecule has 0 saturated carbocycles. The minimum atomic E-state index is 0.265. The van der Waals surface area contributed by atoms with E-state index >= 15 is 0 Å².